The molecule has 2 nitrogen and oxygen atoms in total. The van der Waals surface area contributed by atoms with Crippen LogP contribution in [0.5, 0.6) is 0 Å². The molecule has 238 valence electrons. The normalized spacial score (nSPS) is 13.8. The fourth-order valence-electron chi connectivity index (χ4n) is 10.0. The topological polar surface area (TPSA) is 9.86 Å². The molecule has 0 atom stereocenters. The zero-order valence-corrected chi connectivity index (χ0v) is 28.4. The van der Waals surface area contributed by atoms with E-state index in [1.54, 1.807) is 0 Å². The maximum absolute atomic E-state index is 2.61. The Labute approximate surface area is 295 Å². The molecular weight excluding hydrogens is 617 g/mol. The van der Waals surface area contributed by atoms with Crippen molar-refractivity contribution in [2.24, 2.45) is 0 Å². The minimum Gasteiger partial charge on any atom is -0.307 e. The van der Waals surface area contributed by atoms with Crippen molar-refractivity contribution in [3.8, 4) is 44.8 Å². The molecule has 2 heterocycles. The molecule has 2 heteroatoms. The summed E-state index contributed by atoms with van der Waals surface area (Å²) in [5.74, 6) is 0. The molecule has 0 radical (unpaired) electrons. The number of benzene rings is 8. The highest BCUT2D eigenvalue weighted by Crippen LogP contribution is 2.59. The summed E-state index contributed by atoms with van der Waals surface area (Å²) in [7, 11) is 0. The Kier molecular flexibility index (Phi) is 5.08. The Morgan fingerprint density at radius 1 is 0.392 bits per heavy atom. The van der Waals surface area contributed by atoms with E-state index in [2.05, 4.69) is 181 Å². The third-order valence-corrected chi connectivity index (χ3v) is 12.0. The summed E-state index contributed by atoms with van der Waals surface area (Å²) in [5.41, 5.74) is 18.0. The van der Waals surface area contributed by atoms with Crippen molar-refractivity contribution < 1.29 is 0 Å². The SMILES string of the molecule is CC1(C)c2ccccc2-c2c1c1c3ccccc3n(-c3ccc4c5c(cccc35)-c3ccccc3-4)c1c1c2c2ccccc2n1-c1ccccc1. The van der Waals surface area contributed by atoms with E-state index in [9.17, 15) is 0 Å². The summed E-state index contributed by atoms with van der Waals surface area (Å²) < 4.78 is 5.14. The second-order valence-corrected chi connectivity index (χ2v) is 14.8. The van der Waals surface area contributed by atoms with E-state index in [0.717, 1.165) is 0 Å². The smallest absolute Gasteiger partial charge is 0.0795 e. The fourth-order valence-corrected chi connectivity index (χ4v) is 10.0. The standard InChI is InChI=1S/C49H32N2/c1-49(2)38-24-11-8-19-34(38)43-44-36-20-9-12-25-39(36)50(29-15-4-3-5-16-29)47(44)48-45(46(43)49)37-21-10-13-26-40(37)51(48)41-28-27-33-31-18-7-6-17-30(31)32-22-14-23-35(41)42(32)33/h3-28H,1-2H3. The Hall–Kier alpha value is -6.38. The number of hydrogen-bond acceptors (Lipinski definition) is 0. The molecule has 2 aromatic heterocycles. The van der Waals surface area contributed by atoms with Crippen LogP contribution in [0.3, 0.4) is 0 Å². The predicted octanol–water partition coefficient (Wildman–Crippen LogP) is 13.0. The summed E-state index contributed by atoms with van der Waals surface area (Å²) in [6, 6.07) is 58.7. The number of hydrogen-bond donors (Lipinski definition) is 0. The van der Waals surface area contributed by atoms with E-state index in [1.807, 2.05) is 0 Å². The van der Waals surface area contributed by atoms with Crippen LogP contribution in [-0.4, -0.2) is 9.13 Å². The van der Waals surface area contributed by atoms with Gasteiger partial charge in [0.15, 0.2) is 0 Å². The van der Waals surface area contributed by atoms with Gasteiger partial charge in [0.25, 0.3) is 0 Å². The van der Waals surface area contributed by atoms with Crippen molar-refractivity contribution in [1.29, 1.82) is 0 Å². The summed E-state index contributed by atoms with van der Waals surface area (Å²) in [6.07, 6.45) is 0. The van der Waals surface area contributed by atoms with E-state index in [1.165, 1.54) is 110 Å². The first kappa shape index (κ1) is 27.4. The van der Waals surface area contributed by atoms with E-state index in [4.69, 9.17) is 0 Å². The van der Waals surface area contributed by atoms with Crippen molar-refractivity contribution >= 4 is 54.4 Å². The van der Waals surface area contributed by atoms with Gasteiger partial charge >= 0.3 is 0 Å². The molecule has 2 aliphatic carbocycles. The van der Waals surface area contributed by atoms with E-state index < -0.39 is 0 Å². The lowest BCUT2D eigenvalue weighted by molar-refractivity contribution is 0.667. The minimum absolute atomic E-state index is 0.201. The summed E-state index contributed by atoms with van der Waals surface area (Å²) in [5, 5.41) is 7.88. The summed E-state index contributed by atoms with van der Waals surface area (Å²) in [4.78, 5) is 0. The Bertz CT molecular complexity index is 3120. The molecule has 0 aliphatic heterocycles. The second-order valence-electron chi connectivity index (χ2n) is 14.8. The summed E-state index contributed by atoms with van der Waals surface area (Å²) in [6.45, 7) is 4.86. The van der Waals surface area contributed by atoms with E-state index in [-0.39, 0.29) is 5.41 Å². The van der Waals surface area contributed by atoms with Gasteiger partial charge < -0.3 is 9.13 Å². The van der Waals surface area contributed by atoms with Crippen molar-refractivity contribution in [2.45, 2.75) is 19.3 Å². The first-order valence-corrected chi connectivity index (χ1v) is 18.0. The molecule has 0 bridgehead atoms. The molecule has 0 spiro atoms. The van der Waals surface area contributed by atoms with Crippen molar-refractivity contribution in [1.82, 2.24) is 9.13 Å². The van der Waals surface area contributed by atoms with Crippen LogP contribution in [-0.2, 0) is 5.41 Å². The largest absolute Gasteiger partial charge is 0.307 e. The van der Waals surface area contributed by atoms with Crippen molar-refractivity contribution in [3.63, 3.8) is 0 Å². The number of aromatic nitrogens is 2. The van der Waals surface area contributed by atoms with Gasteiger partial charge in [0.2, 0.25) is 0 Å². The van der Waals surface area contributed by atoms with Crippen LogP contribution in [0.1, 0.15) is 25.0 Å². The highest BCUT2D eigenvalue weighted by atomic mass is 15.0. The highest BCUT2D eigenvalue weighted by Gasteiger charge is 2.41. The zero-order chi connectivity index (χ0) is 33.6. The van der Waals surface area contributed by atoms with Crippen LogP contribution < -0.4 is 0 Å². The van der Waals surface area contributed by atoms with Crippen molar-refractivity contribution in [2.75, 3.05) is 0 Å². The van der Waals surface area contributed by atoms with Gasteiger partial charge in [0.1, 0.15) is 0 Å². The maximum Gasteiger partial charge on any atom is 0.0795 e. The van der Waals surface area contributed by atoms with Crippen LogP contribution >= 0.6 is 0 Å². The average molecular weight is 649 g/mol. The summed E-state index contributed by atoms with van der Waals surface area (Å²) >= 11 is 0. The molecule has 0 saturated heterocycles. The van der Waals surface area contributed by atoms with Gasteiger partial charge in [-0.25, -0.2) is 0 Å². The fraction of sp³-hybridized carbons (Fsp3) is 0.0612. The van der Waals surface area contributed by atoms with Crippen molar-refractivity contribution in [3.05, 3.63) is 169 Å². The van der Waals surface area contributed by atoms with Crippen LogP contribution in [0.25, 0.3) is 99.1 Å². The van der Waals surface area contributed by atoms with Gasteiger partial charge in [0, 0.05) is 38.0 Å². The van der Waals surface area contributed by atoms with Gasteiger partial charge in [-0.3, -0.25) is 0 Å². The lowest BCUT2D eigenvalue weighted by atomic mass is 9.80. The Morgan fingerprint density at radius 2 is 0.941 bits per heavy atom. The van der Waals surface area contributed by atoms with Crippen LogP contribution in [0.2, 0.25) is 0 Å². The van der Waals surface area contributed by atoms with E-state index >= 15 is 0 Å². The van der Waals surface area contributed by atoms with Gasteiger partial charge in [0.05, 0.1) is 27.8 Å². The van der Waals surface area contributed by atoms with Crippen LogP contribution in [0.4, 0.5) is 0 Å². The monoisotopic (exact) mass is 648 g/mol. The third-order valence-electron chi connectivity index (χ3n) is 12.0. The van der Waals surface area contributed by atoms with Gasteiger partial charge in [-0.05, 0) is 80.2 Å². The lowest BCUT2D eigenvalue weighted by Crippen LogP contribution is -2.15. The third kappa shape index (κ3) is 3.24. The molecule has 0 saturated carbocycles. The number of para-hydroxylation sites is 3. The average Bonchev–Trinajstić information content (AvgIpc) is 3.87. The Balaban J connectivity index is 1.38. The number of nitrogens with zero attached hydrogens (tertiary/aromatic N) is 2. The molecule has 12 rings (SSSR count). The molecule has 0 fully saturated rings. The number of rotatable bonds is 2. The second kappa shape index (κ2) is 9.44. The van der Waals surface area contributed by atoms with Gasteiger partial charge in [-0.2, -0.15) is 0 Å². The molecule has 51 heavy (non-hydrogen) atoms. The first-order valence-electron chi connectivity index (χ1n) is 18.0. The van der Waals surface area contributed by atoms with E-state index in [0.29, 0.717) is 0 Å². The molecule has 8 aromatic carbocycles. The molecule has 0 amide bonds. The quantitative estimate of drug-likeness (QED) is 0.177. The lowest BCUT2D eigenvalue weighted by Gasteiger charge is -2.23. The zero-order valence-electron chi connectivity index (χ0n) is 28.4. The minimum atomic E-state index is -0.201. The molecule has 10 aromatic rings. The van der Waals surface area contributed by atoms with Crippen LogP contribution in [0, 0.1) is 0 Å². The molecular formula is C49H32N2. The van der Waals surface area contributed by atoms with Gasteiger partial charge in [-0.1, -0.05) is 141 Å². The van der Waals surface area contributed by atoms with Gasteiger partial charge in [-0.15, -0.1) is 0 Å². The maximum atomic E-state index is 2.61. The molecule has 0 N–H and O–H groups in total. The number of fused-ring (bicyclic) bond motifs is 15. The first-order chi connectivity index (χ1) is 25.1. The molecule has 0 unspecified atom stereocenters. The van der Waals surface area contributed by atoms with Crippen LogP contribution in [0.15, 0.2) is 158 Å². The highest BCUT2D eigenvalue weighted by molar-refractivity contribution is 6.31. The predicted molar refractivity (Wildman–Crippen MR) is 215 cm³/mol. The molecule has 2 aliphatic rings. The Morgan fingerprint density at radius 3 is 1.71 bits per heavy atom.